The zero-order valence-corrected chi connectivity index (χ0v) is 27.9. The summed E-state index contributed by atoms with van der Waals surface area (Å²) in [5.74, 6) is 0.452. The minimum absolute atomic E-state index is 0.00231. The smallest absolute Gasteiger partial charge is 0.263 e. The summed E-state index contributed by atoms with van der Waals surface area (Å²) in [6.45, 7) is 5.79. The molecule has 7 atom stereocenters. The molecule has 1 amide bonds. The quantitative estimate of drug-likeness (QED) is 0.314. The first kappa shape index (κ1) is 31.3. The normalized spacial score (nSPS) is 33.4. The van der Waals surface area contributed by atoms with Crippen LogP contribution in [0.15, 0.2) is 67.1 Å². The van der Waals surface area contributed by atoms with Crippen molar-refractivity contribution in [3.05, 3.63) is 94.5 Å². The molecule has 0 saturated heterocycles. The predicted octanol–water partition coefficient (Wildman–Crippen LogP) is 5.90. The van der Waals surface area contributed by atoms with Crippen LogP contribution in [-0.2, 0) is 28.4 Å². The summed E-state index contributed by atoms with van der Waals surface area (Å²) in [5, 5.41) is 12.9. The van der Waals surface area contributed by atoms with Crippen molar-refractivity contribution in [2.45, 2.75) is 68.6 Å². The molecular weight excluding hydrogens is 620 g/mol. The minimum atomic E-state index is -1.60. The van der Waals surface area contributed by atoms with E-state index in [1.807, 2.05) is 44.2 Å². The molecule has 7 rings (SSSR count). The molecule has 5 unspecified atom stereocenters. The van der Waals surface area contributed by atoms with Crippen molar-refractivity contribution < 1.29 is 18.8 Å². The Morgan fingerprint density at radius 1 is 1.15 bits per heavy atom. The van der Waals surface area contributed by atoms with Crippen LogP contribution in [-0.4, -0.2) is 50.1 Å². The van der Waals surface area contributed by atoms with Gasteiger partial charge < -0.3 is 14.7 Å². The molecule has 2 N–H and O–H groups in total. The lowest BCUT2D eigenvalue weighted by atomic mass is 9.63. The van der Waals surface area contributed by atoms with Gasteiger partial charge in [-0.3, -0.25) is 9.52 Å². The third-order valence-electron chi connectivity index (χ3n) is 10.9. The molecule has 3 aromatic rings. The van der Waals surface area contributed by atoms with Gasteiger partial charge in [0.2, 0.25) is 0 Å². The fourth-order valence-electron chi connectivity index (χ4n) is 7.94. The van der Waals surface area contributed by atoms with E-state index in [1.54, 1.807) is 18.3 Å². The molecule has 242 valence electrons. The Balaban J connectivity index is 1.33. The molecular formula is C36H41ClN4O4S. The number of aryl methyl sites for hydroxylation is 1. The molecule has 3 heterocycles. The number of allylic oxidation sites excluding steroid dienone is 1. The molecule has 4 aliphatic rings. The number of aliphatic hydroxyl groups is 1. The summed E-state index contributed by atoms with van der Waals surface area (Å²) in [5.41, 5.74) is 2.86. The fraction of sp³-hybridized carbons (Fsp3) is 0.472. The van der Waals surface area contributed by atoms with Gasteiger partial charge in [0.15, 0.2) is 0 Å². The second-order valence-corrected chi connectivity index (χ2v) is 15.7. The maximum Gasteiger partial charge on any atom is 0.263 e. The van der Waals surface area contributed by atoms with Crippen LogP contribution >= 0.6 is 11.6 Å². The number of halogens is 1. The molecule has 1 spiro atoms. The van der Waals surface area contributed by atoms with Gasteiger partial charge >= 0.3 is 0 Å². The molecule has 2 bridgehead atoms. The SMILES string of the molecule is CC1C/C=C/[C@](O)(c2ccncn2)C2CCC2CN2C[C@@]3(CCCc4cc(Cl)ccc43)COc3ccc(cc32)C(=O)NS(=O)C1C. The zero-order chi connectivity index (χ0) is 32.1. The largest absolute Gasteiger partial charge is 0.490 e. The van der Waals surface area contributed by atoms with Gasteiger partial charge in [-0.25, -0.2) is 14.2 Å². The monoisotopic (exact) mass is 660 g/mol. The number of nitrogens with one attached hydrogen (secondary N) is 1. The van der Waals surface area contributed by atoms with E-state index in [0.717, 1.165) is 48.6 Å². The molecule has 2 aliphatic heterocycles. The first-order chi connectivity index (χ1) is 22.2. The number of anilines is 1. The topological polar surface area (TPSA) is 105 Å². The highest BCUT2D eigenvalue weighted by Crippen LogP contribution is 2.50. The molecule has 46 heavy (non-hydrogen) atoms. The van der Waals surface area contributed by atoms with Gasteiger partial charge in [0.05, 0.1) is 23.2 Å². The summed E-state index contributed by atoms with van der Waals surface area (Å²) >= 11 is 6.44. The highest BCUT2D eigenvalue weighted by atomic mass is 35.5. The fourth-order valence-corrected chi connectivity index (χ4v) is 9.15. The van der Waals surface area contributed by atoms with Gasteiger partial charge in [-0.2, -0.15) is 0 Å². The number of fused-ring (bicyclic) bond motifs is 4. The second-order valence-electron chi connectivity index (χ2n) is 13.7. The Labute approximate surface area is 278 Å². The third kappa shape index (κ3) is 5.64. The lowest BCUT2D eigenvalue weighted by Crippen LogP contribution is -2.51. The van der Waals surface area contributed by atoms with Crippen molar-refractivity contribution in [2.24, 2.45) is 17.8 Å². The van der Waals surface area contributed by atoms with E-state index in [9.17, 15) is 14.1 Å². The van der Waals surface area contributed by atoms with Crippen LogP contribution in [0.2, 0.25) is 5.02 Å². The van der Waals surface area contributed by atoms with Crippen LogP contribution in [0.4, 0.5) is 5.69 Å². The standard InChI is InChI=1S/C36H41ClN4O4S/c1-23-5-3-15-36(43,33-13-16-38-22-39-33)30-10-7-27(30)19-41-20-35(14-4-6-25-17-28(37)9-11-29(25)35)21-45-32-12-8-26(18-31(32)41)34(42)40-46(44)24(23)2/h3,8-9,11-13,15-18,22-24,27,30,43H,4-7,10,14,19-21H2,1-2H3,(H,40,42)/b15-3+/t23?,24?,27?,30?,35-,36+,46?/m0/s1. The molecule has 1 fully saturated rings. The van der Waals surface area contributed by atoms with E-state index >= 15 is 0 Å². The van der Waals surface area contributed by atoms with Crippen LogP contribution in [0, 0.1) is 17.8 Å². The van der Waals surface area contributed by atoms with Crippen molar-refractivity contribution in [1.82, 2.24) is 14.7 Å². The molecule has 8 nitrogen and oxygen atoms in total. The first-order valence-corrected chi connectivity index (χ1v) is 17.9. The average Bonchev–Trinajstić information content (AvgIpc) is 3.19. The van der Waals surface area contributed by atoms with Gasteiger partial charge in [0, 0.05) is 41.2 Å². The van der Waals surface area contributed by atoms with Crippen LogP contribution in [0.5, 0.6) is 5.75 Å². The van der Waals surface area contributed by atoms with Gasteiger partial charge in [-0.15, -0.1) is 0 Å². The molecule has 10 heteroatoms. The van der Waals surface area contributed by atoms with E-state index in [-0.39, 0.29) is 34.3 Å². The molecule has 2 aliphatic carbocycles. The van der Waals surface area contributed by atoms with Crippen molar-refractivity contribution in [3.63, 3.8) is 0 Å². The number of nitrogens with zero attached hydrogens (tertiary/aromatic N) is 3. The summed E-state index contributed by atoms with van der Waals surface area (Å²) in [6, 6.07) is 13.5. The van der Waals surface area contributed by atoms with Gasteiger partial charge in [-0.1, -0.05) is 36.7 Å². The van der Waals surface area contributed by atoms with Gasteiger partial charge in [0.1, 0.15) is 28.7 Å². The van der Waals surface area contributed by atoms with Crippen LogP contribution in [0.25, 0.3) is 0 Å². The van der Waals surface area contributed by atoms with E-state index in [0.29, 0.717) is 37.4 Å². The first-order valence-electron chi connectivity index (χ1n) is 16.4. The van der Waals surface area contributed by atoms with Crippen molar-refractivity contribution in [3.8, 4) is 5.75 Å². The summed E-state index contributed by atoms with van der Waals surface area (Å²) < 4.78 is 22.7. The number of aromatic nitrogens is 2. The van der Waals surface area contributed by atoms with E-state index in [4.69, 9.17) is 16.3 Å². The maximum absolute atomic E-state index is 13.5. The van der Waals surface area contributed by atoms with Crippen LogP contribution in [0.3, 0.4) is 0 Å². The van der Waals surface area contributed by atoms with Crippen molar-refractivity contribution in [2.75, 3.05) is 24.6 Å². The zero-order valence-electron chi connectivity index (χ0n) is 26.3. The number of carbonyl (C=O) groups excluding carboxylic acids is 1. The Bertz CT molecular complexity index is 1690. The lowest BCUT2D eigenvalue weighted by molar-refractivity contribution is -0.0530. The van der Waals surface area contributed by atoms with E-state index in [1.165, 1.54) is 17.5 Å². The number of amides is 1. The van der Waals surface area contributed by atoms with Gasteiger partial charge in [-0.05, 0) is 105 Å². The van der Waals surface area contributed by atoms with Gasteiger partial charge in [0.25, 0.3) is 5.91 Å². The van der Waals surface area contributed by atoms with Crippen molar-refractivity contribution in [1.29, 1.82) is 0 Å². The Morgan fingerprint density at radius 2 is 2.02 bits per heavy atom. The number of benzene rings is 2. The lowest BCUT2D eigenvalue weighted by Gasteiger charge is -2.49. The number of hydrogen-bond acceptors (Lipinski definition) is 7. The molecule has 2 aromatic carbocycles. The second kappa shape index (κ2) is 12.4. The van der Waals surface area contributed by atoms with E-state index in [2.05, 4.69) is 31.7 Å². The summed E-state index contributed by atoms with van der Waals surface area (Å²) in [6.07, 6.45) is 12.4. The highest BCUT2D eigenvalue weighted by Gasteiger charge is 2.49. The van der Waals surface area contributed by atoms with E-state index < -0.39 is 16.6 Å². The van der Waals surface area contributed by atoms with Crippen LogP contribution < -0.4 is 14.4 Å². The summed E-state index contributed by atoms with van der Waals surface area (Å²) in [7, 11) is -1.60. The van der Waals surface area contributed by atoms with Crippen LogP contribution in [0.1, 0.15) is 73.1 Å². The number of ether oxygens (including phenoxy) is 1. The molecule has 1 saturated carbocycles. The predicted molar refractivity (Wildman–Crippen MR) is 180 cm³/mol. The summed E-state index contributed by atoms with van der Waals surface area (Å²) in [4.78, 5) is 24.5. The molecule has 1 aromatic heterocycles. The van der Waals surface area contributed by atoms with Crippen molar-refractivity contribution >= 4 is 34.2 Å². The number of rotatable bonds is 1. The maximum atomic E-state index is 13.5. The third-order valence-corrected chi connectivity index (χ3v) is 12.7. The number of carbonyl (C=O) groups is 1. The average molecular weight is 661 g/mol. The molecule has 0 radical (unpaired) electrons. The number of hydrogen-bond donors (Lipinski definition) is 2. The highest BCUT2D eigenvalue weighted by molar-refractivity contribution is 7.84. The Hall–Kier alpha value is -3.27. The Kier molecular flexibility index (Phi) is 8.44. The minimum Gasteiger partial charge on any atom is -0.490 e. The Morgan fingerprint density at radius 3 is 2.80 bits per heavy atom.